The van der Waals surface area contributed by atoms with E-state index in [1.807, 2.05) is 43.3 Å². The number of nitrogens with one attached hydrogen (secondary N) is 2. The number of oxime groups is 1. The maximum absolute atomic E-state index is 13.9. The summed E-state index contributed by atoms with van der Waals surface area (Å²) in [5.74, 6) is -2.57. The average Bonchev–Trinajstić information content (AvgIpc) is 3.55. The molecule has 3 aromatic carbocycles. The SMILES string of the molecule is CCC[C@H](NC(=O)[C@@H]1C[C@]2(CC(c3ccc(F)cc3)=NO2)CN1C(=O)OCC1c2ccccc2-c2ccccc21)C(=O)C(=O)NC1CC1. The summed E-state index contributed by atoms with van der Waals surface area (Å²) in [4.78, 5) is 60.8. The van der Waals surface area contributed by atoms with Crippen LogP contribution in [0.1, 0.15) is 68.1 Å². The van der Waals surface area contributed by atoms with Crippen molar-refractivity contribution in [3.63, 3.8) is 0 Å². The summed E-state index contributed by atoms with van der Waals surface area (Å²) < 4.78 is 19.6. The molecule has 0 aromatic heterocycles. The Bertz CT molecular complexity index is 1740. The summed E-state index contributed by atoms with van der Waals surface area (Å²) in [5.41, 5.74) is 4.50. The highest BCUT2D eigenvalue weighted by Gasteiger charge is 2.55. The largest absolute Gasteiger partial charge is 0.448 e. The van der Waals surface area contributed by atoms with Gasteiger partial charge in [-0.15, -0.1) is 0 Å². The Balaban J connectivity index is 1.11. The number of benzene rings is 3. The second-order valence-corrected chi connectivity index (χ2v) is 13.1. The molecule has 1 saturated carbocycles. The van der Waals surface area contributed by atoms with Crippen molar-refractivity contribution in [1.29, 1.82) is 0 Å². The van der Waals surface area contributed by atoms with E-state index in [1.54, 1.807) is 12.1 Å². The fourth-order valence-electron chi connectivity index (χ4n) is 7.03. The van der Waals surface area contributed by atoms with E-state index in [4.69, 9.17) is 9.57 Å². The molecule has 2 aliphatic heterocycles. The van der Waals surface area contributed by atoms with Gasteiger partial charge in [-0.3, -0.25) is 19.3 Å². The standard InChI is InChI=1S/C37H37FN4O6/c1-2-7-30(33(43)35(45)39-24-16-17-24)40-34(44)32-19-37(18-31(41-48-37)22-12-14-23(38)15-13-22)21-42(32)36(46)47-20-29-27-10-5-3-8-25(27)26-9-4-6-11-28(26)29/h3-6,8-15,24,29-30,32H,2,7,16-21H2,1H3,(H,39,45)(H,40,44)/t30-,32-,37+/m0/s1. The number of hydrogen-bond donors (Lipinski definition) is 2. The van der Waals surface area contributed by atoms with Gasteiger partial charge in [-0.25, -0.2) is 9.18 Å². The third-order valence-electron chi connectivity index (χ3n) is 9.64. The molecule has 3 amide bonds. The summed E-state index contributed by atoms with van der Waals surface area (Å²) in [6.45, 7) is 1.92. The number of hydrogen-bond acceptors (Lipinski definition) is 7. The molecular formula is C37H37FN4O6. The molecule has 1 saturated heterocycles. The lowest BCUT2D eigenvalue weighted by molar-refractivity contribution is -0.140. The molecule has 48 heavy (non-hydrogen) atoms. The topological polar surface area (TPSA) is 126 Å². The zero-order chi connectivity index (χ0) is 33.4. The van der Waals surface area contributed by atoms with Gasteiger partial charge in [0.25, 0.3) is 5.91 Å². The molecule has 2 aliphatic carbocycles. The molecule has 0 bridgehead atoms. The third kappa shape index (κ3) is 6.16. The quantitative estimate of drug-likeness (QED) is 0.302. The zero-order valence-corrected chi connectivity index (χ0v) is 26.6. The van der Waals surface area contributed by atoms with Crippen molar-refractivity contribution in [2.24, 2.45) is 5.16 Å². The van der Waals surface area contributed by atoms with Crippen LogP contribution >= 0.6 is 0 Å². The van der Waals surface area contributed by atoms with E-state index in [2.05, 4.69) is 27.9 Å². The number of fused-ring (bicyclic) bond motifs is 3. The minimum absolute atomic E-state index is 0.00448. The van der Waals surface area contributed by atoms with Crippen molar-refractivity contribution in [2.45, 2.75) is 75.1 Å². The molecule has 1 spiro atoms. The predicted octanol–water partition coefficient (Wildman–Crippen LogP) is 4.84. The molecule has 7 rings (SSSR count). The van der Waals surface area contributed by atoms with Crippen molar-refractivity contribution >= 4 is 29.4 Å². The third-order valence-corrected chi connectivity index (χ3v) is 9.64. The Morgan fingerprint density at radius 1 is 1.00 bits per heavy atom. The predicted molar refractivity (Wildman–Crippen MR) is 175 cm³/mol. The number of rotatable bonds is 10. The van der Waals surface area contributed by atoms with Crippen molar-refractivity contribution < 1.29 is 33.1 Å². The van der Waals surface area contributed by atoms with Gasteiger partial charge < -0.3 is 20.2 Å². The fraction of sp³-hybridized carbons (Fsp3) is 0.378. The van der Waals surface area contributed by atoms with Crippen molar-refractivity contribution in [1.82, 2.24) is 15.5 Å². The Morgan fingerprint density at radius 2 is 1.67 bits per heavy atom. The van der Waals surface area contributed by atoms with Gasteiger partial charge in [0.1, 0.15) is 18.5 Å². The van der Waals surface area contributed by atoms with Crippen molar-refractivity contribution in [3.8, 4) is 11.1 Å². The van der Waals surface area contributed by atoms with Crippen LogP contribution in [-0.2, 0) is 24.0 Å². The molecule has 10 nitrogen and oxygen atoms in total. The van der Waals surface area contributed by atoms with Crippen LogP contribution < -0.4 is 10.6 Å². The molecule has 248 valence electrons. The first-order valence-electron chi connectivity index (χ1n) is 16.5. The molecule has 3 atom stereocenters. The van der Waals surface area contributed by atoms with Gasteiger partial charge in [-0.1, -0.05) is 79.2 Å². The Kier molecular flexibility index (Phi) is 8.45. The maximum atomic E-state index is 13.9. The molecule has 0 radical (unpaired) electrons. The molecule has 0 unspecified atom stereocenters. The molecular weight excluding hydrogens is 615 g/mol. The van der Waals surface area contributed by atoms with Crippen LogP contribution in [0.25, 0.3) is 11.1 Å². The monoisotopic (exact) mass is 652 g/mol. The first-order valence-corrected chi connectivity index (χ1v) is 16.5. The number of halogens is 1. The number of amides is 3. The van der Waals surface area contributed by atoms with Gasteiger partial charge in [0.15, 0.2) is 5.60 Å². The summed E-state index contributed by atoms with van der Waals surface area (Å²) in [6, 6.07) is 19.8. The number of carbonyl (C=O) groups is 4. The summed E-state index contributed by atoms with van der Waals surface area (Å²) in [7, 11) is 0. The van der Waals surface area contributed by atoms with Crippen LogP contribution in [-0.4, -0.2) is 71.2 Å². The molecule has 2 fully saturated rings. The van der Waals surface area contributed by atoms with Crippen molar-refractivity contribution in [2.75, 3.05) is 13.2 Å². The normalized spacial score (nSPS) is 21.6. The summed E-state index contributed by atoms with van der Waals surface area (Å²) in [5, 5.41) is 9.73. The van der Waals surface area contributed by atoms with Gasteiger partial charge in [0, 0.05) is 24.8 Å². The van der Waals surface area contributed by atoms with E-state index in [9.17, 15) is 23.6 Å². The lowest BCUT2D eigenvalue weighted by Crippen LogP contribution is -2.53. The molecule has 4 aliphatic rings. The average molecular weight is 653 g/mol. The minimum Gasteiger partial charge on any atom is -0.448 e. The first kappa shape index (κ1) is 31.5. The van der Waals surface area contributed by atoms with Crippen LogP contribution in [0.2, 0.25) is 0 Å². The number of carbonyl (C=O) groups excluding carboxylic acids is 4. The summed E-state index contributed by atoms with van der Waals surface area (Å²) >= 11 is 0. The second-order valence-electron chi connectivity index (χ2n) is 13.1. The Morgan fingerprint density at radius 3 is 2.31 bits per heavy atom. The number of ether oxygens (including phenoxy) is 1. The highest BCUT2D eigenvalue weighted by atomic mass is 19.1. The maximum Gasteiger partial charge on any atom is 0.410 e. The number of likely N-dealkylation sites (tertiary alicyclic amines) is 1. The van der Waals surface area contributed by atoms with Crippen molar-refractivity contribution in [3.05, 3.63) is 95.3 Å². The van der Waals surface area contributed by atoms with E-state index in [0.717, 1.165) is 35.1 Å². The van der Waals surface area contributed by atoms with Gasteiger partial charge in [-0.05, 0) is 59.2 Å². The van der Waals surface area contributed by atoms with Crippen LogP contribution in [0.15, 0.2) is 78.0 Å². The van der Waals surface area contributed by atoms with Crippen LogP contribution in [0.3, 0.4) is 0 Å². The van der Waals surface area contributed by atoms with E-state index >= 15 is 0 Å². The molecule has 2 heterocycles. The van der Waals surface area contributed by atoms with Gasteiger partial charge in [0.2, 0.25) is 11.7 Å². The molecule has 3 aromatic rings. The van der Waals surface area contributed by atoms with Gasteiger partial charge in [0.05, 0.1) is 18.3 Å². The van der Waals surface area contributed by atoms with E-state index in [1.165, 1.54) is 17.0 Å². The smallest absolute Gasteiger partial charge is 0.410 e. The lowest BCUT2D eigenvalue weighted by Gasteiger charge is -2.26. The highest BCUT2D eigenvalue weighted by molar-refractivity contribution is 6.38. The number of ketones is 1. The van der Waals surface area contributed by atoms with E-state index in [0.29, 0.717) is 17.7 Å². The number of nitrogens with zero attached hydrogens (tertiary/aromatic N) is 2. The minimum atomic E-state index is -1.05. The second kappa shape index (κ2) is 12.9. The highest BCUT2D eigenvalue weighted by Crippen LogP contribution is 2.45. The first-order chi connectivity index (χ1) is 23.2. The molecule has 11 heteroatoms. The van der Waals surface area contributed by atoms with Crippen LogP contribution in [0, 0.1) is 5.82 Å². The van der Waals surface area contributed by atoms with E-state index < -0.39 is 41.4 Å². The summed E-state index contributed by atoms with van der Waals surface area (Å²) in [6.07, 6.45) is 2.12. The lowest BCUT2D eigenvalue weighted by atomic mass is 9.91. The molecule has 2 N–H and O–H groups in total. The van der Waals surface area contributed by atoms with Crippen LogP contribution in [0.5, 0.6) is 0 Å². The zero-order valence-electron chi connectivity index (χ0n) is 26.6. The Hall–Kier alpha value is -5.06. The fourth-order valence-corrected chi connectivity index (χ4v) is 7.03. The van der Waals surface area contributed by atoms with Gasteiger partial charge >= 0.3 is 6.09 Å². The Labute approximate surface area is 277 Å². The number of Topliss-reactive ketones (excluding diaryl/α,β-unsaturated/α-hetero) is 1. The van der Waals surface area contributed by atoms with Crippen LogP contribution in [0.4, 0.5) is 9.18 Å². The van der Waals surface area contributed by atoms with Gasteiger partial charge in [-0.2, -0.15) is 0 Å². The van der Waals surface area contributed by atoms with E-state index in [-0.39, 0.29) is 50.2 Å².